The molecule has 0 unspecified atom stereocenters. The van der Waals surface area contributed by atoms with E-state index in [2.05, 4.69) is 9.53 Å². The quantitative estimate of drug-likeness (QED) is 0.179. The number of hydrogen-bond donors (Lipinski definition) is 0. The predicted octanol–water partition coefficient (Wildman–Crippen LogP) is 0.783. The van der Waals surface area contributed by atoms with Crippen molar-refractivity contribution in [3.8, 4) is 0 Å². The fourth-order valence-corrected chi connectivity index (χ4v) is 2.28. The second kappa shape index (κ2) is 7.14. The van der Waals surface area contributed by atoms with Gasteiger partial charge in [0.25, 0.3) is 9.84 Å². The largest absolute Gasteiger partial charge is 0.488 e. The number of sulfone groups is 1. The second-order valence-corrected chi connectivity index (χ2v) is 5.18. The van der Waals surface area contributed by atoms with E-state index in [1.165, 1.54) is 6.92 Å². The van der Waals surface area contributed by atoms with Gasteiger partial charge in [0.15, 0.2) is 0 Å². The van der Waals surface area contributed by atoms with Crippen molar-refractivity contribution >= 4 is 20.9 Å². The molecule has 0 aliphatic rings. The fraction of sp³-hybridized carbons (Fsp3) is 0.778. The Balaban J connectivity index is 4.71. The Morgan fingerprint density at radius 3 is 2.38 bits per heavy atom. The lowest BCUT2D eigenvalue weighted by Gasteiger charge is -1.99. The molecule has 0 heterocycles. The Kier molecular flexibility index (Phi) is 6.60. The van der Waals surface area contributed by atoms with Crippen LogP contribution in [0.3, 0.4) is 0 Å². The van der Waals surface area contributed by atoms with Crippen LogP contribution in [0, 0.1) is 0 Å². The van der Waals surface area contributed by atoms with Crippen molar-refractivity contribution in [1.29, 1.82) is 0 Å². The zero-order valence-corrected chi connectivity index (χ0v) is 10.3. The summed E-state index contributed by atoms with van der Waals surface area (Å²) in [4.78, 5) is 13.7. The molecule has 0 amide bonds. The summed E-state index contributed by atoms with van der Waals surface area (Å²) in [6.45, 7) is 3.50. The molecule has 0 aliphatic heterocycles. The molecule has 0 aromatic heterocycles. The number of esters is 1. The van der Waals surface area contributed by atoms with Gasteiger partial charge in [-0.05, 0) is 13.3 Å². The Labute approximate surface area is 95.1 Å². The Morgan fingerprint density at radius 1 is 1.31 bits per heavy atom. The van der Waals surface area contributed by atoms with Gasteiger partial charge in [-0.3, -0.25) is 0 Å². The summed E-state index contributed by atoms with van der Waals surface area (Å²) in [5, 5.41) is -0.912. The van der Waals surface area contributed by atoms with Crippen molar-refractivity contribution < 1.29 is 22.7 Å². The summed E-state index contributed by atoms with van der Waals surface area (Å²) in [7, 11) is -3.84. The molecule has 92 valence electrons. The molecule has 0 saturated carbocycles. The SMILES string of the molecule is CCCCCS(=O)(=O)C(=[N+]=[N-])C(=O)OCC. The zero-order chi connectivity index (χ0) is 12.6. The highest BCUT2D eigenvalue weighted by atomic mass is 32.2. The van der Waals surface area contributed by atoms with E-state index in [0.717, 1.165) is 12.8 Å². The van der Waals surface area contributed by atoms with Gasteiger partial charge in [-0.25, -0.2) is 13.2 Å². The highest BCUT2D eigenvalue weighted by Crippen LogP contribution is 2.02. The zero-order valence-electron chi connectivity index (χ0n) is 9.47. The molecule has 0 saturated heterocycles. The lowest BCUT2D eigenvalue weighted by Crippen LogP contribution is -2.29. The molecule has 0 N–H and O–H groups in total. The smallest absolute Gasteiger partial charge is 0.457 e. The first-order valence-corrected chi connectivity index (χ1v) is 6.76. The normalized spacial score (nSPS) is 10.6. The van der Waals surface area contributed by atoms with Crippen LogP contribution in [0.2, 0.25) is 0 Å². The van der Waals surface area contributed by atoms with Crippen molar-refractivity contribution in [3.05, 3.63) is 5.53 Å². The van der Waals surface area contributed by atoms with Crippen molar-refractivity contribution in [2.24, 2.45) is 0 Å². The maximum atomic E-state index is 11.6. The summed E-state index contributed by atoms with van der Waals surface area (Å²) < 4.78 is 27.6. The van der Waals surface area contributed by atoms with Crippen LogP contribution in [0.4, 0.5) is 0 Å². The van der Waals surface area contributed by atoms with Gasteiger partial charge in [-0.15, -0.1) is 4.79 Å². The van der Waals surface area contributed by atoms with Gasteiger partial charge < -0.3 is 10.3 Å². The van der Waals surface area contributed by atoms with Gasteiger partial charge in [0.2, 0.25) is 0 Å². The minimum Gasteiger partial charge on any atom is -0.457 e. The van der Waals surface area contributed by atoms with Crippen LogP contribution in [-0.4, -0.2) is 36.6 Å². The van der Waals surface area contributed by atoms with E-state index in [4.69, 9.17) is 5.53 Å². The number of unbranched alkanes of at least 4 members (excludes halogenated alkanes) is 2. The van der Waals surface area contributed by atoms with E-state index in [9.17, 15) is 13.2 Å². The van der Waals surface area contributed by atoms with Gasteiger partial charge in [0, 0.05) is 0 Å². The minimum atomic E-state index is -3.84. The van der Waals surface area contributed by atoms with E-state index in [0.29, 0.717) is 6.42 Å². The maximum Gasteiger partial charge on any atom is 0.488 e. The fourth-order valence-electron chi connectivity index (χ4n) is 1.06. The second-order valence-electron chi connectivity index (χ2n) is 3.15. The third-order valence-electron chi connectivity index (χ3n) is 1.85. The molecule has 7 heteroatoms. The van der Waals surface area contributed by atoms with Crippen molar-refractivity contribution in [2.75, 3.05) is 12.4 Å². The molecule has 0 spiro atoms. The predicted molar refractivity (Wildman–Crippen MR) is 58.6 cm³/mol. The van der Waals surface area contributed by atoms with Crippen LogP contribution in [0.25, 0.3) is 5.53 Å². The summed E-state index contributed by atoms with van der Waals surface area (Å²) in [6, 6.07) is 0. The number of ether oxygens (including phenoxy) is 1. The molecule has 0 fully saturated rings. The van der Waals surface area contributed by atoms with E-state index in [1.54, 1.807) is 0 Å². The molecule has 0 radical (unpaired) electrons. The molecule has 0 aromatic rings. The molecule has 0 rings (SSSR count). The molecule has 0 bridgehead atoms. The summed E-state index contributed by atoms with van der Waals surface area (Å²) in [5.74, 6) is -1.32. The number of carbonyl (C=O) groups excluding carboxylic acids is 1. The first-order valence-electron chi connectivity index (χ1n) is 5.11. The van der Waals surface area contributed by atoms with Crippen molar-refractivity contribution in [1.82, 2.24) is 0 Å². The third-order valence-corrected chi connectivity index (χ3v) is 3.52. The topological polar surface area (TPSA) is 96.8 Å². The molecule has 16 heavy (non-hydrogen) atoms. The lowest BCUT2D eigenvalue weighted by molar-refractivity contribution is -0.138. The number of nitrogens with zero attached hydrogens (tertiary/aromatic N) is 2. The Hall–Kier alpha value is -1.20. The first kappa shape index (κ1) is 14.8. The van der Waals surface area contributed by atoms with E-state index >= 15 is 0 Å². The molecule has 0 aliphatic carbocycles. The van der Waals surface area contributed by atoms with Crippen LogP contribution in [0.1, 0.15) is 33.1 Å². The van der Waals surface area contributed by atoms with Crippen LogP contribution in [-0.2, 0) is 19.4 Å². The van der Waals surface area contributed by atoms with Crippen LogP contribution in [0.5, 0.6) is 0 Å². The monoisotopic (exact) mass is 248 g/mol. The summed E-state index contributed by atoms with van der Waals surface area (Å²) in [5.41, 5.74) is 8.52. The van der Waals surface area contributed by atoms with Crippen LogP contribution >= 0.6 is 0 Å². The molecular weight excluding hydrogens is 232 g/mol. The van der Waals surface area contributed by atoms with Crippen molar-refractivity contribution in [3.63, 3.8) is 0 Å². The van der Waals surface area contributed by atoms with E-state index < -0.39 is 20.9 Å². The van der Waals surface area contributed by atoms with E-state index in [-0.39, 0.29) is 12.4 Å². The third kappa shape index (κ3) is 4.55. The van der Waals surface area contributed by atoms with Gasteiger partial charge in [-0.1, -0.05) is 19.8 Å². The number of rotatable bonds is 5. The molecular formula is C9H16N2O4S. The van der Waals surface area contributed by atoms with Gasteiger partial charge in [-0.2, -0.15) is 0 Å². The summed E-state index contributed by atoms with van der Waals surface area (Å²) >= 11 is 0. The van der Waals surface area contributed by atoms with Crippen molar-refractivity contribution in [2.45, 2.75) is 33.1 Å². The van der Waals surface area contributed by atoms with E-state index in [1.807, 2.05) is 6.92 Å². The van der Waals surface area contributed by atoms with Gasteiger partial charge in [0.1, 0.15) is 0 Å². The Morgan fingerprint density at radius 2 is 1.94 bits per heavy atom. The average Bonchev–Trinajstić information content (AvgIpc) is 2.18. The minimum absolute atomic E-state index is 0.0301. The molecule has 0 atom stereocenters. The molecule has 6 nitrogen and oxygen atoms in total. The first-order chi connectivity index (χ1) is 7.49. The van der Waals surface area contributed by atoms with Gasteiger partial charge >= 0.3 is 11.0 Å². The number of carbonyl (C=O) groups is 1. The van der Waals surface area contributed by atoms with Crippen LogP contribution in [0.15, 0.2) is 0 Å². The highest BCUT2D eigenvalue weighted by Gasteiger charge is 2.36. The number of hydrogen-bond acceptors (Lipinski definition) is 4. The van der Waals surface area contributed by atoms with Gasteiger partial charge in [0.05, 0.1) is 12.4 Å². The van der Waals surface area contributed by atoms with Crippen LogP contribution < -0.4 is 0 Å². The average molecular weight is 248 g/mol. The summed E-state index contributed by atoms with van der Waals surface area (Å²) in [6.07, 6.45) is 2.03. The standard InChI is InChI=1S/C9H16N2O4S/c1-3-5-6-7-16(13,14)8(11-10)9(12)15-4-2/h3-7H2,1-2H3. The Bertz CT molecular complexity index is 382. The maximum absolute atomic E-state index is 11.6. The molecule has 0 aromatic carbocycles. The lowest BCUT2D eigenvalue weighted by atomic mass is 10.3. The highest BCUT2D eigenvalue weighted by molar-refractivity contribution is 8.07.